The summed E-state index contributed by atoms with van der Waals surface area (Å²) in [5.74, 6) is 0. The van der Waals surface area contributed by atoms with Gasteiger partial charge in [-0.15, -0.1) is 0 Å². The van der Waals surface area contributed by atoms with Gasteiger partial charge in [-0.05, 0) is 54.7 Å². The molecule has 0 radical (unpaired) electrons. The van der Waals surface area contributed by atoms with Gasteiger partial charge in [0.25, 0.3) is 0 Å². The van der Waals surface area contributed by atoms with E-state index in [1.54, 1.807) is 13.0 Å². The first kappa shape index (κ1) is 17.1. The van der Waals surface area contributed by atoms with Crippen LogP contribution in [0.5, 0.6) is 0 Å². The molecule has 4 nitrogen and oxygen atoms in total. The van der Waals surface area contributed by atoms with Gasteiger partial charge in [0.15, 0.2) is 0 Å². The molecule has 0 bridgehead atoms. The highest BCUT2D eigenvalue weighted by Gasteiger charge is 2.36. The molecular weight excluding hydrogens is 322 g/mol. The van der Waals surface area contributed by atoms with E-state index in [0.717, 1.165) is 22.3 Å². The first-order valence-corrected chi connectivity index (χ1v) is 9.55. The topological polar surface area (TPSA) is 66.4 Å². The Morgan fingerprint density at radius 2 is 1.54 bits per heavy atom. The molecule has 0 atom stereocenters. The predicted octanol–water partition coefficient (Wildman–Crippen LogP) is 2.42. The van der Waals surface area contributed by atoms with E-state index in [9.17, 15) is 13.5 Å². The van der Waals surface area contributed by atoms with Crippen LogP contribution in [0.1, 0.15) is 27.8 Å². The average molecular weight is 345 g/mol. The Hall–Kier alpha value is -1.69. The van der Waals surface area contributed by atoms with Crippen LogP contribution in [0.2, 0.25) is 0 Å². The molecule has 0 heterocycles. The van der Waals surface area contributed by atoms with Crippen molar-refractivity contribution in [1.29, 1.82) is 0 Å². The van der Waals surface area contributed by atoms with Gasteiger partial charge in [-0.25, -0.2) is 13.1 Å². The quantitative estimate of drug-likeness (QED) is 0.894. The molecule has 2 aromatic carbocycles. The number of hydrogen-bond donors (Lipinski definition) is 2. The second kappa shape index (κ2) is 5.99. The number of fused-ring (bicyclic) bond motifs is 1. The van der Waals surface area contributed by atoms with E-state index in [1.807, 2.05) is 44.2 Å². The number of rotatable bonds is 4. The minimum Gasteiger partial charge on any atom is -0.388 e. The summed E-state index contributed by atoms with van der Waals surface area (Å²) in [5, 5.41) is 10.8. The van der Waals surface area contributed by atoms with Crippen molar-refractivity contribution in [3.8, 4) is 0 Å². The van der Waals surface area contributed by atoms with E-state index in [0.29, 0.717) is 18.4 Å². The molecule has 2 N–H and O–H groups in total. The standard InChI is InChI=1S/C19H23NO3S/c1-13-8-15(3)18(9-14(13)2)24(22,23)20-12-19(21)10-16-6-4-5-7-17(16)11-19/h4-9,20-21H,10-12H2,1-3H3. The van der Waals surface area contributed by atoms with Crippen LogP contribution < -0.4 is 4.72 Å². The minimum absolute atomic E-state index is 0.0103. The highest BCUT2D eigenvalue weighted by molar-refractivity contribution is 7.89. The minimum atomic E-state index is -3.65. The van der Waals surface area contributed by atoms with Crippen molar-refractivity contribution in [3.63, 3.8) is 0 Å². The molecule has 1 aliphatic rings. The Balaban J connectivity index is 1.78. The second-order valence-electron chi connectivity index (χ2n) is 6.87. The highest BCUT2D eigenvalue weighted by Crippen LogP contribution is 2.30. The van der Waals surface area contributed by atoms with E-state index < -0.39 is 15.6 Å². The third-order valence-electron chi connectivity index (χ3n) is 4.83. The maximum absolute atomic E-state index is 12.7. The maximum Gasteiger partial charge on any atom is 0.240 e. The van der Waals surface area contributed by atoms with Crippen LogP contribution in [0.25, 0.3) is 0 Å². The Morgan fingerprint density at radius 3 is 2.12 bits per heavy atom. The van der Waals surface area contributed by atoms with E-state index >= 15 is 0 Å². The second-order valence-corrected chi connectivity index (χ2v) is 8.61. The lowest BCUT2D eigenvalue weighted by atomic mass is 10.0. The third kappa shape index (κ3) is 3.24. The molecule has 24 heavy (non-hydrogen) atoms. The summed E-state index contributed by atoms with van der Waals surface area (Å²) in [6.07, 6.45) is 0.940. The maximum atomic E-state index is 12.7. The van der Waals surface area contributed by atoms with Crippen LogP contribution in [-0.4, -0.2) is 25.7 Å². The normalized spacial score (nSPS) is 16.2. The first-order valence-electron chi connectivity index (χ1n) is 8.07. The van der Waals surface area contributed by atoms with Crippen molar-refractivity contribution >= 4 is 10.0 Å². The number of benzene rings is 2. The zero-order chi connectivity index (χ0) is 17.5. The number of nitrogens with one attached hydrogen (secondary N) is 1. The van der Waals surface area contributed by atoms with Crippen molar-refractivity contribution in [1.82, 2.24) is 4.72 Å². The number of sulfonamides is 1. The molecule has 1 aliphatic carbocycles. The molecule has 0 aliphatic heterocycles. The fourth-order valence-corrected chi connectivity index (χ4v) is 4.76. The Morgan fingerprint density at radius 1 is 1.00 bits per heavy atom. The first-order chi connectivity index (χ1) is 11.2. The molecule has 128 valence electrons. The van der Waals surface area contributed by atoms with Crippen molar-refractivity contribution in [2.45, 2.75) is 44.1 Å². The number of aryl methyl sites for hydroxylation is 3. The van der Waals surface area contributed by atoms with E-state index in [2.05, 4.69) is 4.72 Å². The summed E-state index contributed by atoms with van der Waals surface area (Å²) in [5.41, 5.74) is 3.82. The lowest BCUT2D eigenvalue weighted by Gasteiger charge is -2.23. The molecule has 2 aromatic rings. The summed E-state index contributed by atoms with van der Waals surface area (Å²) in [4.78, 5) is 0.282. The van der Waals surface area contributed by atoms with Gasteiger partial charge in [0.1, 0.15) is 0 Å². The number of hydrogen-bond acceptors (Lipinski definition) is 3. The number of aliphatic hydroxyl groups is 1. The van der Waals surface area contributed by atoms with E-state index in [1.165, 1.54) is 0 Å². The smallest absolute Gasteiger partial charge is 0.240 e. The van der Waals surface area contributed by atoms with Gasteiger partial charge >= 0.3 is 0 Å². The van der Waals surface area contributed by atoms with Crippen LogP contribution in [0.15, 0.2) is 41.3 Å². The van der Waals surface area contributed by atoms with Gasteiger partial charge in [-0.1, -0.05) is 30.3 Å². The third-order valence-corrected chi connectivity index (χ3v) is 6.37. The van der Waals surface area contributed by atoms with Crippen molar-refractivity contribution in [2.75, 3.05) is 6.54 Å². The zero-order valence-electron chi connectivity index (χ0n) is 14.3. The predicted molar refractivity (Wildman–Crippen MR) is 94.6 cm³/mol. The van der Waals surface area contributed by atoms with Crippen LogP contribution in [0.4, 0.5) is 0 Å². The summed E-state index contributed by atoms with van der Waals surface area (Å²) >= 11 is 0. The fraction of sp³-hybridized carbons (Fsp3) is 0.368. The summed E-state index contributed by atoms with van der Waals surface area (Å²) < 4.78 is 27.9. The van der Waals surface area contributed by atoms with Crippen LogP contribution in [-0.2, 0) is 22.9 Å². The molecule has 0 spiro atoms. The summed E-state index contributed by atoms with van der Waals surface area (Å²) in [6, 6.07) is 11.4. The van der Waals surface area contributed by atoms with Gasteiger partial charge < -0.3 is 5.11 Å². The van der Waals surface area contributed by atoms with Gasteiger partial charge in [0, 0.05) is 19.4 Å². The Labute approximate surface area is 143 Å². The van der Waals surface area contributed by atoms with Gasteiger partial charge in [-0.2, -0.15) is 0 Å². The highest BCUT2D eigenvalue weighted by atomic mass is 32.2. The fourth-order valence-electron chi connectivity index (χ4n) is 3.33. The molecule has 3 rings (SSSR count). The molecule has 0 unspecified atom stereocenters. The van der Waals surface area contributed by atoms with E-state index in [-0.39, 0.29) is 11.4 Å². The molecule has 0 amide bonds. The lowest BCUT2D eigenvalue weighted by molar-refractivity contribution is 0.0567. The SMILES string of the molecule is Cc1cc(C)c(S(=O)(=O)NCC2(O)Cc3ccccc3C2)cc1C. The van der Waals surface area contributed by atoms with Gasteiger partial charge in [0.05, 0.1) is 10.5 Å². The molecule has 0 fully saturated rings. The summed E-state index contributed by atoms with van der Waals surface area (Å²) in [6.45, 7) is 5.66. The molecule has 0 saturated heterocycles. The van der Waals surface area contributed by atoms with Gasteiger partial charge in [0.2, 0.25) is 10.0 Å². The average Bonchev–Trinajstić information content (AvgIpc) is 2.86. The molecule has 5 heteroatoms. The lowest BCUT2D eigenvalue weighted by Crippen LogP contribution is -2.43. The zero-order valence-corrected chi connectivity index (χ0v) is 15.1. The Bertz CT molecular complexity index is 862. The van der Waals surface area contributed by atoms with Crippen LogP contribution >= 0.6 is 0 Å². The largest absolute Gasteiger partial charge is 0.388 e. The molecule has 0 saturated carbocycles. The van der Waals surface area contributed by atoms with E-state index in [4.69, 9.17) is 0 Å². The summed E-state index contributed by atoms with van der Waals surface area (Å²) in [7, 11) is -3.65. The van der Waals surface area contributed by atoms with Crippen molar-refractivity contribution < 1.29 is 13.5 Å². The molecular formula is C19H23NO3S. The molecule has 0 aromatic heterocycles. The van der Waals surface area contributed by atoms with Crippen LogP contribution in [0.3, 0.4) is 0 Å². The Kier molecular flexibility index (Phi) is 4.28. The van der Waals surface area contributed by atoms with Crippen molar-refractivity contribution in [3.05, 3.63) is 64.2 Å². The monoisotopic (exact) mass is 345 g/mol. The van der Waals surface area contributed by atoms with Gasteiger partial charge in [-0.3, -0.25) is 0 Å². The van der Waals surface area contributed by atoms with Crippen molar-refractivity contribution in [2.24, 2.45) is 0 Å². The van der Waals surface area contributed by atoms with Crippen LogP contribution in [0, 0.1) is 20.8 Å².